The predicted molar refractivity (Wildman–Crippen MR) is 163 cm³/mol. The molecule has 0 spiro atoms. The molecule has 0 N–H and O–H groups in total. The molecule has 1 aliphatic heterocycles. The van der Waals surface area contributed by atoms with Crippen molar-refractivity contribution in [3.63, 3.8) is 0 Å². The molecule has 4 nitrogen and oxygen atoms in total. The molecule has 0 radical (unpaired) electrons. The molecule has 0 bridgehead atoms. The zero-order valence-corrected chi connectivity index (χ0v) is 24.3. The monoisotopic (exact) mass is 542 g/mol. The molecule has 3 aliphatic carbocycles. The van der Waals surface area contributed by atoms with Gasteiger partial charge in [-0.25, -0.2) is 4.98 Å². The van der Waals surface area contributed by atoms with Gasteiger partial charge in [-0.15, -0.1) is 0 Å². The lowest BCUT2D eigenvalue weighted by molar-refractivity contribution is 0.323. The number of rotatable bonds is 9. The minimum absolute atomic E-state index is 0.557. The molecule has 206 valence electrons. The Morgan fingerprint density at radius 3 is 2.46 bits per heavy atom. The van der Waals surface area contributed by atoms with E-state index >= 15 is 0 Å². The van der Waals surface area contributed by atoms with Crippen LogP contribution in [0.3, 0.4) is 0 Å². The van der Waals surface area contributed by atoms with Crippen molar-refractivity contribution >= 4 is 28.8 Å². The smallest absolute Gasteiger partial charge is 0.133 e. The Kier molecular flexibility index (Phi) is 8.20. The first-order valence-electron chi connectivity index (χ1n) is 15.4. The van der Waals surface area contributed by atoms with Gasteiger partial charge in [0, 0.05) is 42.3 Å². The van der Waals surface area contributed by atoms with Gasteiger partial charge < -0.3 is 4.90 Å². The van der Waals surface area contributed by atoms with Crippen molar-refractivity contribution in [3.05, 3.63) is 70.8 Å². The van der Waals surface area contributed by atoms with Crippen molar-refractivity contribution in [3.8, 4) is 0 Å². The molecule has 3 heterocycles. The van der Waals surface area contributed by atoms with E-state index in [1.54, 1.807) is 0 Å². The standard InChI is InChI=1S/C34H43ClN4/c1-3-31-30(35)19-29(21-37-31)26-11-9-24(10-12-26)22-39(23(2)25-7-5-4-6-8-25)34-20-28(17-18-36-34)33-16-15-32(38-33)27-13-14-27/h16-21,24-27H,2-15,22H2,1H3. The molecule has 0 aromatic carbocycles. The van der Waals surface area contributed by atoms with Crippen molar-refractivity contribution in [2.75, 3.05) is 11.4 Å². The summed E-state index contributed by atoms with van der Waals surface area (Å²) in [5.41, 5.74) is 7.29. The molecule has 2 aromatic heterocycles. The molecule has 0 atom stereocenters. The van der Waals surface area contributed by atoms with Gasteiger partial charge in [-0.3, -0.25) is 9.98 Å². The quantitative estimate of drug-likeness (QED) is 0.317. The van der Waals surface area contributed by atoms with E-state index in [0.717, 1.165) is 47.5 Å². The Morgan fingerprint density at radius 1 is 0.974 bits per heavy atom. The maximum Gasteiger partial charge on any atom is 0.133 e. The van der Waals surface area contributed by atoms with Gasteiger partial charge in [-0.05, 0) is 105 Å². The summed E-state index contributed by atoms with van der Waals surface area (Å²) < 4.78 is 0. The third-order valence-electron chi connectivity index (χ3n) is 9.59. The second-order valence-corrected chi connectivity index (χ2v) is 12.7. The SMILES string of the molecule is C=C(C1CCCCC1)N(CC1CCC(c2cnc(CC)c(Cl)c2)CC1)c1cc(C2=CCC(C3CC3)=N2)ccn1. The van der Waals surface area contributed by atoms with Gasteiger partial charge in [0.1, 0.15) is 5.82 Å². The van der Waals surface area contributed by atoms with Crippen LogP contribution in [0.2, 0.25) is 5.02 Å². The van der Waals surface area contributed by atoms with Crippen LogP contribution >= 0.6 is 11.6 Å². The zero-order valence-electron chi connectivity index (χ0n) is 23.5. The van der Waals surface area contributed by atoms with Crippen molar-refractivity contribution in [2.45, 2.75) is 96.3 Å². The van der Waals surface area contributed by atoms with Crippen molar-refractivity contribution < 1.29 is 0 Å². The Balaban J connectivity index is 1.18. The fourth-order valence-corrected chi connectivity index (χ4v) is 7.25. The predicted octanol–water partition coefficient (Wildman–Crippen LogP) is 9.16. The largest absolute Gasteiger partial charge is 0.330 e. The molecular formula is C34H43ClN4. The lowest BCUT2D eigenvalue weighted by Gasteiger charge is -2.37. The van der Waals surface area contributed by atoms with Gasteiger partial charge >= 0.3 is 0 Å². The molecule has 0 saturated heterocycles. The normalized spacial score (nSPS) is 23.8. The second kappa shape index (κ2) is 12.0. The molecule has 0 unspecified atom stereocenters. The fourth-order valence-electron chi connectivity index (χ4n) is 6.94. The van der Waals surface area contributed by atoms with Crippen molar-refractivity contribution in [2.24, 2.45) is 22.7 Å². The highest BCUT2D eigenvalue weighted by Crippen LogP contribution is 2.40. The van der Waals surface area contributed by atoms with Crippen LogP contribution in [0.15, 0.2) is 53.9 Å². The van der Waals surface area contributed by atoms with Gasteiger partial charge in [-0.1, -0.05) is 50.4 Å². The number of aryl methyl sites for hydroxylation is 1. The summed E-state index contributed by atoms with van der Waals surface area (Å²) in [6.07, 6.45) is 22.2. The van der Waals surface area contributed by atoms with Crippen LogP contribution in [-0.4, -0.2) is 22.2 Å². The van der Waals surface area contributed by atoms with Crippen LogP contribution in [0.4, 0.5) is 5.82 Å². The number of nitrogens with zero attached hydrogens (tertiary/aromatic N) is 4. The molecule has 0 amide bonds. The van der Waals surface area contributed by atoms with E-state index in [9.17, 15) is 0 Å². The zero-order chi connectivity index (χ0) is 26.8. The lowest BCUT2D eigenvalue weighted by Crippen LogP contribution is -2.34. The van der Waals surface area contributed by atoms with Crippen LogP contribution in [-0.2, 0) is 6.42 Å². The number of pyridine rings is 2. The number of halogens is 1. The number of anilines is 1. The third kappa shape index (κ3) is 6.16. The summed E-state index contributed by atoms with van der Waals surface area (Å²) in [6, 6.07) is 6.57. The summed E-state index contributed by atoms with van der Waals surface area (Å²) >= 11 is 6.51. The van der Waals surface area contributed by atoms with Crippen LogP contribution in [0, 0.1) is 17.8 Å². The molecule has 5 heteroatoms. The first-order valence-corrected chi connectivity index (χ1v) is 15.8. The molecule has 3 saturated carbocycles. The Morgan fingerprint density at radius 2 is 1.74 bits per heavy atom. The number of hydrogen-bond acceptors (Lipinski definition) is 4. The Labute approximate surface area is 239 Å². The number of aromatic nitrogens is 2. The van der Waals surface area contributed by atoms with E-state index in [1.165, 1.54) is 93.2 Å². The van der Waals surface area contributed by atoms with Gasteiger partial charge in [-0.2, -0.15) is 0 Å². The molecule has 4 aliphatic rings. The first kappa shape index (κ1) is 26.7. The van der Waals surface area contributed by atoms with Crippen LogP contribution in [0.25, 0.3) is 5.70 Å². The topological polar surface area (TPSA) is 41.4 Å². The average molecular weight is 543 g/mol. The number of hydrogen-bond donors (Lipinski definition) is 0. The summed E-state index contributed by atoms with van der Waals surface area (Å²) in [5, 5.41) is 0.823. The highest BCUT2D eigenvalue weighted by atomic mass is 35.5. The van der Waals surface area contributed by atoms with E-state index in [4.69, 9.17) is 28.2 Å². The van der Waals surface area contributed by atoms with E-state index in [-0.39, 0.29) is 0 Å². The molecular weight excluding hydrogens is 500 g/mol. The highest BCUT2D eigenvalue weighted by molar-refractivity contribution is 6.31. The average Bonchev–Trinajstić information content (AvgIpc) is 3.72. The lowest BCUT2D eigenvalue weighted by atomic mass is 9.78. The maximum absolute atomic E-state index is 6.51. The summed E-state index contributed by atoms with van der Waals surface area (Å²) in [5.74, 6) is 3.54. The summed E-state index contributed by atoms with van der Waals surface area (Å²) in [4.78, 5) is 17.1. The fraction of sp³-hybridized carbons (Fsp3) is 0.559. The van der Waals surface area contributed by atoms with Crippen LogP contribution in [0.1, 0.15) is 107 Å². The van der Waals surface area contributed by atoms with Crippen molar-refractivity contribution in [1.29, 1.82) is 0 Å². The van der Waals surface area contributed by atoms with Gasteiger partial charge in [0.05, 0.1) is 16.4 Å². The van der Waals surface area contributed by atoms with E-state index in [0.29, 0.717) is 17.8 Å². The van der Waals surface area contributed by atoms with Gasteiger partial charge in [0.25, 0.3) is 0 Å². The first-order chi connectivity index (χ1) is 19.1. The molecule has 3 fully saturated rings. The maximum atomic E-state index is 6.51. The summed E-state index contributed by atoms with van der Waals surface area (Å²) in [7, 11) is 0. The third-order valence-corrected chi connectivity index (χ3v) is 9.92. The molecule has 6 rings (SSSR count). The second-order valence-electron chi connectivity index (χ2n) is 12.3. The van der Waals surface area contributed by atoms with Crippen LogP contribution in [0.5, 0.6) is 0 Å². The van der Waals surface area contributed by atoms with Crippen molar-refractivity contribution in [1.82, 2.24) is 9.97 Å². The molecule has 2 aromatic rings. The Bertz CT molecular complexity index is 1250. The Hall–Kier alpha value is -2.46. The minimum Gasteiger partial charge on any atom is -0.330 e. The minimum atomic E-state index is 0.557. The number of aliphatic imine (C=N–C) groups is 1. The van der Waals surface area contributed by atoms with E-state index in [2.05, 4.69) is 47.3 Å². The van der Waals surface area contributed by atoms with Crippen LogP contribution < -0.4 is 4.90 Å². The van der Waals surface area contributed by atoms with Gasteiger partial charge in [0.2, 0.25) is 0 Å². The summed E-state index contributed by atoms with van der Waals surface area (Å²) in [6.45, 7) is 7.81. The van der Waals surface area contributed by atoms with E-state index in [1.807, 2.05) is 6.20 Å². The van der Waals surface area contributed by atoms with Gasteiger partial charge in [0.15, 0.2) is 0 Å². The number of allylic oxidation sites excluding steroid dienone is 2. The highest BCUT2D eigenvalue weighted by Gasteiger charge is 2.31. The van der Waals surface area contributed by atoms with E-state index < -0.39 is 0 Å². The molecule has 39 heavy (non-hydrogen) atoms.